The number of hydrogen-bond donors (Lipinski definition) is 1. The maximum Gasteiger partial charge on any atom is 0.161 e. The van der Waals surface area contributed by atoms with Crippen LogP contribution < -0.4 is 14.8 Å². The van der Waals surface area contributed by atoms with Gasteiger partial charge in [-0.3, -0.25) is 4.79 Å². The minimum Gasteiger partial charge on any atom is -0.493 e. The Morgan fingerprint density at radius 2 is 1.86 bits per heavy atom. The van der Waals surface area contributed by atoms with Crippen LogP contribution in [-0.4, -0.2) is 37.7 Å². The fourth-order valence-corrected chi connectivity index (χ4v) is 4.82. The Morgan fingerprint density at radius 3 is 2.55 bits per heavy atom. The number of benzene rings is 1. The lowest BCUT2D eigenvalue weighted by Crippen LogP contribution is -2.60. The Morgan fingerprint density at radius 1 is 1.14 bits per heavy atom. The van der Waals surface area contributed by atoms with Gasteiger partial charge in [0.05, 0.1) is 25.9 Å². The van der Waals surface area contributed by atoms with Crippen molar-refractivity contribution in [2.24, 2.45) is 11.3 Å². The first-order chi connectivity index (χ1) is 13.7. The van der Waals surface area contributed by atoms with Gasteiger partial charge < -0.3 is 19.5 Å². The van der Waals surface area contributed by atoms with Crippen LogP contribution in [0.1, 0.15) is 65.4 Å². The summed E-state index contributed by atoms with van der Waals surface area (Å²) in [4.78, 5) is 12.5. The molecule has 5 heteroatoms. The Hall–Kier alpha value is -1.59. The van der Waals surface area contributed by atoms with Crippen LogP contribution >= 0.6 is 0 Å². The first-order valence-corrected chi connectivity index (χ1v) is 10.8. The zero-order valence-corrected chi connectivity index (χ0v) is 18.8. The number of methoxy groups -OCH3 is 2. The summed E-state index contributed by atoms with van der Waals surface area (Å²) in [5.74, 6) is 1.98. The minimum absolute atomic E-state index is 0.0713. The van der Waals surface area contributed by atoms with Gasteiger partial charge >= 0.3 is 0 Å². The third kappa shape index (κ3) is 4.77. The van der Waals surface area contributed by atoms with Gasteiger partial charge in [-0.1, -0.05) is 26.8 Å². The van der Waals surface area contributed by atoms with Crippen molar-refractivity contribution in [1.82, 2.24) is 5.32 Å². The largest absolute Gasteiger partial charge is 0.493 e. The number of fused-ring (bicyclic) bond motifs is 2. The van der Waals surface area contributed by atoms with E-state index in [9.17, 15) is 4.79 Å². The van der Waals surface area contributed by atoms with Gasteiger partial charge in [0, 0.05) is 24.9 Å². The third-order valence-corrected chi connectivity index (χ3v) is 7.03. The van der Waals surface area contributed by atoms with Crippen LogP contribution in [0, 0.1) is 11.3 Å². The van der Waals surface area contributed by atoms with Crippen molar-refractivity contribution >= 4 is 5.78 Å². The van der Waals surface area contributed by atoms with Gasteiger partial charge in [0.1, 0.15) is 5.78 Å². The molecule has 0 amide bonds. The number of ether oxygens (including phenoxy) is 3. The summed E-state index contributed by atoms with van der Waals surface area (Å²) in [5, 5.41) is 3.74. The van der Waals surface area contributed by atoms with Crippen LogP contribution in [-0.2, 0) is 16.1 Å². The van der Waals surface area contributed by atoms with Gasteiger partial charge in [-0.2, -0.15) is 0 Å². The second-order valence-corrected chi connectivity index (χ2v) is 9.68. The van der Waals surface area contributed by atoms with E-state index in [1.165, 1.54) is 0 Å². The maximum atomic E-state index is 12.5. The van der Waals surface area contributed by atoms with E-state index in [2.05, 4.69) is 39.1 Å². The van der Waals surface area contributed by atoms with Crippen molar-refractivity contribution < 1.29 is 19.0 Å². The van der Waals surface area contributed by atoms with Gasteiger partial charge in [-0.25, -0.2) is 0 Å². The van der Waals surface area contributed by atoms with E-state index in [-0.39, 0.29) is 29.1 Å². The number of carbonyl (C=O) groups is 1. The molecule has 2 bridgehead atoms. The monoisotopic (exact) mass is 403 g/mol. The van der Waals surface area contributed by atoms with E-state index in [1.54, 1.807) is 14.2 Å². The molecule has 1 N–H and O–H groups in total. The van der Waals surface area contributed by atoms with Crippen LogP contribution in [0.25, 0.3) is 0 Å². The summed E-state index contributed by atoms with van der Waals surface area (Å²) in [5.41, 5.74) is 0.872. The number of ketones is 1. The molecule has 2 aliphatic heterocycles. The molecule has 0 aromatic heterocycles. The van der Waals surface area contributed by atoms with Crippen molar-refractivity contribution in [3.05, 3.63) is 23.8 Å². The van der Waals surface area contributed by atoms with Crippen molar-refractivity contribution in [3.8, 4) is 11.5 Å². The molecular formula is C24H37NO4. The number of nitrogens with one attached hydrogen (secondary N) is 1. The second-order valence-electron chi connectivity index (χ2n) is 9.68. The highest BCUT2D eigenvalue weighted by molar-refractivity contribution is 5.80. The number of carbonyl (C=O) groups excluding carboxylic acids is 1. The molecular weight excluding hydrogens is 366 g/mol. The lowest BCUT2D eigenvalue weighted by molar-refractivity contribution is -0.191. The van der Waals surface area contributed by atoms with E-state index in [0.717, 1.165) is 49.3 Å². The zero-order chi connectivity index (χ0) is 21.2. The fraction of sp³-hybridized carbons (Fsp3) is 0.708. The van der Waals surface area contributed by atoms with E-state index < -0.39 is 0 Å². The van der Waals surface area contributed by atoms with Crippen LogP contribution in [0.3, 0.4) is 0 Å². The molecule has 0 aliphatic carbocycles. The molecule has 5 nitrogen and oxygen atoms in total. The molecule has 2 heterocycles. The van der Waals surface area contributed by atoms with Crippen molar-refractivity contribution in [2.75, 3.05) is 14.2 Å². The van der Waals surface area contributed by atoms with E-state index >= 15 is 0 Å². The first-order valence-electron chi connectivity index (χ1n) is 10.8. The molecule has 1 aromatic carbocycles. The predicted molar refractivity (Wildman–Crippen MR) is 114 cm³/mol. The quantitative estimate of drug-likeness (QED) is 0.784. The molecule has 0 saturated carbocycles. The van der Waals surface area contributed by atoms with Gasteiger partial charge in [-0.05, 0) is 55.7 Å². The van der Waals surface area contributed by atoms with Gasteiger partial charge in [0.25, 0.3) is 0 Å². The molecule has 3 rings (SSSR count). The number of Topliss-reactive ketones (excluding diaryl/α,β-unsaturated/α-hetero) is 1. The number of hydrogen-bond acceptors (Lipinski definition) is 5. The average molecular weight is 404 g/mol. The number of rotatable bonds is 5. The van der Waals surface area contributed by atoms with E-state index in [1.807, 2.05) is 12.1 Å². The highest BCUT2D eigenvalue weighted by atomic mass is 16.5. The summed E-state index contributed by atoms with van der Waals surface area (Å²) < 4.78 is 17.5. The Kier molecular flexibility index (Phi) is 6.59. The molecule has 2 fully saturated rings. The summed E-state index contributed by atoms with van der Waals surface area (Å²) >= 11 is 0. The molecule has 162 valence electrons. The Balaban J connectivity index is 1.78. The Bertz CT molecular complexity index is 732. The molecule has 0 spiro atoms. The summed E-state index contributed by atoms with van der Waals surface area (Å²) in [6.07, 6.45) is 4.47. The van der Waals surface area contributed by atoms with Gasteiger partial charge in [0.2, 0.25) is 0 Å². The molecule has 2 saturated heterocycles. The summed E-state index contributed by atoms with van der Waals surface area (Å²) in [7, 11) is 3.30. The lowest BCUT2D eigenvalue weighted by atomic mass is 9.70. The van der Waals surface area contributed by atoms with E-state index in [0.29, 0.717) is 12.2 Å². The van der Waals surface area contributed by atoms with Gasteiger partial charge in [-0.15, -0.1) is 0 Å². The third-order valence-electron chi connectivity index (χ3n) is 7.03. The predicted octanol–water partition coefficient (Wildman–Crippen LogP) is 4.52. The Labute approximate surface area is 175 Å². The lowest BCUT2D eigenvalue weighted by Gasteiger charge is -2.52. The van der Waals surface area contributed by atoms with Crippen molar-refractivity contribution in [2.45, 2.75) is 84.1 Å². The average Bonchev–Trinajstić information content (AvgIpc) is 2.75. The molecule has 2 aliphatic rings. The zero-order valence-electron chi connectivity index (χ0n) is 18.8. The molecule has 4 unspecified atom stereocenters. The highest BCUT2D eigenvalue weighted by Crippen LogP contribution is 2.45. The standard InChI is InChI=1S/C24H37NO4/c1-16-7-10-22-23(2,3)14-21(24(4,29-22)12-11-18(16)26)25-15-17-8-9-19(27-5)20(13-17)28-6/h8-9,13,16,21-22,25H,7,10-12,14-15H2,1-6H3. The minimum atomic E-state index is -0.337. The van der Waals surface area contributed by atoms with Crippen LogP contribution in [0.5, 0.6) is 11.5 Å². The van der Waals surface area contributed by atoms with Crippen LogP contribution in [0.15, 0.2) is 18.2 Å². The SMILES string of the molecule is COc1ccc(CNC2CC(C)(C)C3CCC(C)C(=O)CCC2(C)O3)cc1OC. The van der Waals surface area contributed by atoms with Crippen molar-refractivity contribution in [3.63, 3.8) is 0 Å². The smallest absolute Gasteiger partial charge is 0.161 e. The summed E-state index contributed by atoms with van der Waals surface area (Å²) in [6, 6.07) is 6.20. The topological polar surface area (TPSA) is 56.8 Å². The van der Waals surface area contributed by atoms with Crippen LogP contribution in [0.4, 0.5) is 0 Å². The van der Waals surface area contributed by atoms with Crippen LogP contribution in [0.2, 0.25) is 0 Å². The molecule has 4 atom stereocenters. The maximum absolute atomic E-state index is 12.5. The first kappa shape index (κ1) is 22.1. The second kappa shape index (κ2) is 8.65. The molecule has 29 heavy (non-hydrogen) atoms. The molecule has 0 radical (unpaired) electrons. The van der Waals surface area contributed by atoms with Gasteiger partial charge in [0.15, 0.2) is 11.5 Å². The normalized spacial score (nSPS) is 32.1. The van der Waals surface area contributed by atoms with Crippen molar-refractivity contribution in [1.29, 1.82) is 0 Å². The fourth-order valence-electron chi connectivity index (χ4n) is 4.82. The van der Waals surface area contributed by atoms with E-state index in [4.69, 9.17) is 14.2 Å². The molecule has 1 aromatic rings. The summed E-state index contributed by atoms with van der Waals surface area (Å²) in [6.45, 7) is 9.57. The highest BCUT2D eigenvalue weighted by Gasteiger charge is 2.49.